The molecule has 1 aromatic carbocycles. The number of benzene rings is 1. The first kappa shape index (κ1) is 10.5. The summed E-state index contributed by atoms with van der Waals surface area (Å²) in [6.07, 6.45) is 1.58. The van der Waals surface area contributed by atoms with Crippen molar-refractivity contribution in [3.05, 3.63) is 28.8 Å². The van der Waals surface area contributed by atoms with E-state index < -0.39 is 0 Å². The van der Waals surface area contributed by atoms with Crippen LogP contribution in [0.25, 0.3) is 0 Å². The van der Waals surface area contributed by atoms with Crippen LogP contribution in [0.3, 0.4) is 0 Å². The van der Waals surface area contributed by atoms with Gasteiger partial charge in [-0.1, -0.05) is 12.1 Å². The summed E-state index contributed by atoms with van der Waals surface area (Å²) in [5, 5.41) is 8.86. The Kier molecular flexibility index (Phi) is 2.93. The van der Waals surface area contributed by atoms with Crippen LogP contribution in [0.15, 0.2) is 12.1 Å². The minimum Gasteiger partial charge on any atom is -0.493 e. The van der Waals surface area contributed by atoms with Gasteiger partial charge in [0, 0.05) is 19.1 Å². The minimum absolute atomic E-state index is 0.0698. The molecule has 1 aliphatic rings. The van der Waals surface area contributed by atoms with E-state index >= 15 is 0 Å². The molecular weight excluding hydrogens is 190 g/mol. The molecular formula is C12H17NO2. The number of hydrogen-bond donors (Lipinski definition) is 2. The zero-order chi connectivity index (χ0) is 10.8. The van der Waals surface area contributed by atoms with Crippen LogP contribution in [0.5, 0.6) is 5.75 Å². The van der Waals surface area contributed by atoms with Gasteiger partial charge in [-0.25, -0.2) is 0 Å². The van der Waals surface area contributed by atoms with Gasteiger partial charge in [-0.2, -0.15) is 0 Å². The smallest absolute Gasteiger partial charge is 0.125 e. The van der Waals surface area contributed by atoms with Crippen molar-refractivity contribution in [2.75, 3.05) is 13.2 Å². The summed E-state index contributed by atoms with van der Waals surface area (Å²) in [5.41, 5.74) is 9.47. The Hall–Kier alpha value is -1.06. The first-order valence-electron chi connectivity index (χ1n) is 5.35. The van der Waals surface area contributed by atoms with Gasteiger partial charge >= 0.3 is 0 Å². The average Bonchev–Trinajstić information content (AvgIpc) is 2.66. The Labute approximate surface area is 89.9 Å². The first-order chi connectivity index (χ1) is 7.22. The molecule has 0 aromatic heterocycles. The van der Waals surface area contributed by atoms with Crippen LogP contribution in [0.1, 0.15) is 29.2 Å². The van der Waals surface area contributed by atoms with Crippen LogP contribution in [0.2, 0.25) is 0 Å². The summed E-state index contributed by atoms with van der Waals surface area (Å²) in [6, 6.07) is 4.10. The molecule has 82 valence electrons. The highest BCUT2D eigenvalue weighted by molar-refractivity contribution is 5.46. The number of ether oxygens (including phenoxy) is 1. The number of hydrogen-bond acceptors (Lipinski definition) is 3. The van der Waals surface area contributed by atoms with E-state index in [1.54, 1.807) is 0 Å². The van der Waals surface area contributed by atoms with Gasteiger partial charge < -0.3 is 15.6 Å². The molecule has 0 radical (unpaired) electrons. The molecule has 0 bridgehead atoms. The highest BCUT2D eigenvalue weighted by Crippen LogP contribution is 2.32. The van der Waals surface area contributed by atoms with Gasteiger partial charge in [0.25, 0.3) is 0 Å². The second kappa shape index (κ2) is 4.21. The fourth-order valence-corrected chi connectivity index (χ4v) is 2.05. The summed E-state index contributed by atoms with van der Waals surface area (Å²) in [4.78, 5) is 0. The Bertz CT molecular complexity index is 363. The molecule has 1 aromatic rings. The van der Waals surface area contributed by atoms with Crippen molar-refractivity contribution in [2.24, 2.45) is 5.73 Å². The van der Waals surface area contributed by atoms with Crippen LogP contribution in [-0.4, -0.2) is 18.3 Å². The molecule has 3 heteroatoms. The average molecular weight is 207 g/mol. The van der Waals surface area contributed by atoms with Gasteiger partial charge in [0.05, 0.1) is 6.61 Å². The molecule has 1 heterocycles. The number of aryl methyl sites for hydroxylation is 1. The third-order valence-corrected chi connectivity index (χ3v) is 2.86. The van der Waals surface area contributed by atoms with E-state index in [4.69, 9.17) is 15.6 Å². The fourth-order valence-electron chi connectivity index (χ4n) is 2.05. The van der Waals surface area contributed by atoms with Gasteiger partial charge in [-0.15, -0.1) is 0 Å². The van der Waals surface area contributed by atoms with Crippen molar-refractivity contribution in [2.45, 2.75) is 25.8 Å². The van der Waals surface area contributed by atoms with Crippen molar-refractivity contribution in [3.63, 3.8) is 0 Å². The van der Waals surface area contributed by atoms with E-state index in [9.17, 15) is 0 Å². The lowest BCUT2D eigenvalue weighted by Crippen LogP contribution is -2.12. The second-order valence-electron chi connectivity index (χ2n) is 4.04. The third kappa shape index (κ3) is 1.98. The molecule has 1 atom stereocenters. The number of fused-ring (bicyclic) bond motifs is 1. The van der Waals surface area contributed by atoms with Gasteiger partial charge in [-0.05, 0) is 30.0 Å². The lowest BCUT2D eigenvalue weighted by molar-refractivity contribution is 0.276. The Morgan fingerprint density at radius 2 is 2.33 bits per heavy atom. The monoisotopic (exact) mass is 207 g/mol. The topological polar surface area (TPSA) is 55.5 Å². The predicted octanol–water partition coefficient (Wildman–Crippen LogP) is 1.31. The standard InChI is InChI=1S/C12H17NO2/c1-8-6-10(11(13)2-4-14)7-9-3-5-15-12(8)9/h6-7,11,14H,2-5,13H2,1H3. The molecule has 0 fully saturated rings. The van der Waals surface area contributed by atoms with E-state index in [0.717, 1.165) is 29.9 Å². The maximum absolute atomic E-state index is 8.86. The Morgan fingerprint density at radius 3 is 3.07 bits per heavy atom. The van der Waals surface area contributed by atoms with Gasteiger partial charge in [0.2, 0.25) is 0 Å². The van der Waals surface area contributed by atoms with Crippen molar-refractivity contribution >= 4 is 0 Å². The molecule has 0 spiro atoms. The highest BCUT2D eigenvalue weighted by Gasteiger charge is 2.17. The maximum Gasteiger partial charge on any atom is 0.125 e. The molecule has 0 aliphatic carbocycles. The maximum atomic E-state index is 8.86. The van der Waals surface area contributed by atoms with Crippen LogP contribution in [0, 0.1) is 6.92 Å². The SMILES string of the molecule is Cc1cc(C(N)CCO)cc2c1OCC2. The summed E-state index contributed by atoms with van der Waals surface area (Å²) < 4.78 is 5.53. The summed E-state index contributed by atoms with van der Waals surface area (Å²) in [7, 11) is 0. The number of aliphatic hydroxyl groups is 1. The number of rotatable bonds is 3. The van der Waals surface area contributed by atoms with E-state index in [0.29, 0.717) is 6.42 Å². The summed E-state index contributed by atoms with van der Waals surface area (Å²) in [6.45, 7) is 2.95. The quantitative estimate of drug-likeness (QED) is 0.785. The largest absolute Gasteiger partial charge is 0.493 e. The lowest BCUT2D eigenvalue weighted by Gasteiger charge is -2.13. The minimum atomic E-state index is -0.0698. The Morgan fingerprint density at radius 1 is 1.53 bits per heavy atom. The van der Waals surface area contributed by atoms with E-state index in [-0.39, 0.29) is 12.6 Å². The van der Waals surface area contributed by atoms with Gasteiger partial charge in [-0.3, -0.25) is 0 Å². The van der Waals surface area contributed by atoms with Crippen LogP contribution in [0.4, 0.5) is 0 Å². The molecule has 3 nitrogen and oxygen atoms in total. The zero-order valence-corrected chi connectivity index (χ0v) is 8.99. The molecule has 0 amide bonds. The van der Waals surface area contributed by atoms with Crippen molar-refractivity contribution in [1.29, 1.82) is 0 Å². The van der Waals surface area contributed by atoms with Crippen molar-refractivity contribution in [3.8, 4) is 5.75 Å². The predicted molar refractivity (Wildman–Crippen MR) is 59.0 cm³/mol. The zero-order valence-electron chi connectivity index (χ0n) is 8.99. The molecule has 15 heavy (non-hydrogen) atoms. The summed E-state index contributed by atoms with van der Waals surface area (Å²) in [5.74, 6) is 1.02. The van der Waals surface area contributed by atoms with Crippen LogP contribution >= 0.6 is 0 Å². The molecule has 0 saturated heterocycles. The molecule has 1 aliphatic heterocycles. The first-order valence-corrected chi connectivity index (χ1v) is 5.35. The lowest BCUT2D eigenvalue weighted by atomic mass is 9.98. The Balaban J connectivity index is 2.30. The molecule has 0 saturated carbocycles. The van der Waals surface area contributed by atoms with Crippen molar-refractivity contribution < 1.29 is 9.84 Å². The van der Waals surface area contributed by atoms with Crippen molar-refractivity contribution in [1.82, 2.24) is 0 Å². The third-order valence-electron chi connectivity index (χ3n) is 2.86. The molecule has 2 rings (SSSR count). The van der Waals surface area contributed by atoms with Crippen LogP contribution in [-0.2, 0) is 6.42 Å². The second-order valence-corrected chi connectivity index (χ2v) is 4.04. The highest BCUT2D eigenvalue weighted by atomic mass is 16.5. The molecule has 3 N–H and O–H groups in total. The number of aliphatic hydroxyl groups excluding tert-OH is 1. The van der Waals surface area contributed by atoms with Gasteiger partial charge in [0.1, 0.15) is 5.75 Å². The normalized spacial score (nSPS) is 15.9. The van der Waals surface area contributed by atoms with Gasteiger partial charge in [0.15, 0.2) is 0 Å². The van der Waals surface area contributed by atoms with Crippen LogP contribution < -0.4 is 10.5 Å². The summed E-state index contributed by atoms with van der Waals surface area (Å²) >= 11 is 0. The van der Waals surface area contributed by atoms with E-state index in [1.807, 2.05) is 6.92 Å². The molecule has 1 unspecified atom stereocenters. The fraction of sp³-hybridized carbons (Fsp3) is 0.500. The van der Waals surface area contributed by atoms with E-state index in [1.165, 1.54) is 5.56 Å². The van der Waals surface area contributed by atoms with E-state index in [2.05, 4.69) is 12.1 Å². The number of nitrogens with two attached hydrogens (primary N) is 1.